The van der Waals surface area contributed by atoms with Crippen molar-refractivity contribution in [2.24, 2.45) is 22.7 Å². The molecular weight excluding hydrogens is 312 g/mol. The Bertz CT molecular complexity index is 603. The molecule has 2 aliphatic heterocycles. The molecule has 2 heterocycles. The first kappa shape index (κ1) is 17.1. The van der Waals surface area contributed by atoms with Gasteiger partial charge in [0, 0.05) is 32.6 Å². The fraction of sp³-hybridized carbons (Fsp3) is 0.810. The summed E-state index contributed by atoms with van der Waals surface area (Å²) in [7, 11) is 0. The average Bonchev–Trinajstić information content (AvgIpc) is 3.26. The van der Waals surface area contributed by atoms with Crippen molar-refractivity contribution in [2.75, 3.05) is 26.2 Å². The van der Waals surface area contributed by atoms with Gasteiger partial charge in [-0.15, -0.1) is 0 Å². The summed E-state index contributed by atoms with van der Waals surface area (Å²) in [6.07, 6.45) is 6.98. The lowest BCUT2D eigenvalue weighted by atomic mass is 9.68. The second kappa shape index (κ2) is 5.85. The van der Waals surface area contributed by atoms with E-state index in [4.69, 9.17) is 0 Å². The Hall–Kier alpha value is -1.32. The van der Waals surface area contributed by atoms with Crippen molar-refractivity contribution >= 4 is 11.8 Å². The second-order valence-electron chi connectivity index (χ2n) is 9.40. The number of carbonyl (C=O) groups excluding carboxylic acids is 2. The van der Waals surface area contributed by atoms with Crippen LogP contribution in [0.4, 0.5) is 0 Å². The lowest BCUT2D eigenvalue weighted by molar-refractivity contribution is -0.141. The maximum atomic E-state index is 13.4. The minimum atomic E-state index is -0.272. The summed E-state index contributed by atoms with van der Waals surface area (Å²) in [4.78, 5) is 29.4. The minimum absolute atomic E-state index is 0.113. The van der Waals surface area contributed by atoms with Gasteiger partial charge in [0.1, 0.15) is 0 Å². The van der Waals surface area contributed by atoms with Gasteiger partial charge < -0.3 is 9.80 Å². The van der Waals surface area contributed by atoms with Crippen LogP contribution in [0.2, 0.25) is 0 Å². The fourth-order valence-electron chi connectivity index (χ4n) is 5.95. The molecule has 0 radical (unpaired) electrons. The number of nitrogens with zero attached hydrogens (tertiary/aromatic N) is 2. The summed E-state index contributed by atoms with van der Waals surface area (Å²) in [6, 6.07) is 0. The third kappa shape index (κ3) is 2.55. The van der Waals surface area contributed by atoms with Crippen LogP contribution in [0.5, 0.6) is 0 Å². The number of piperidine rings is 1. The topological polar surface area (TPSA) is 40.6 Å². The van der Waals surface area contributed by atoms with Crippen molar-refractivity contribution < 1.29 is 9.59 Å². The second-order valence-corrected chi connectivity index (χ2v) is 9.40. The smallest absolute Gasteiger partial charge is 0.232 e. The Morgan fingerprint density at radius 3 is 2.48 bits per heavy atom. The quantitative estimate of drug-likeness (QED) is 0.738. The number of hydrogen-bond acceptors (Lipinski definition) is 2. The number of amides is 2. The van der Waals surface area contributed by atoms with E-state index in [1.807, 2.05) is 4.90 Å². The average molecular weight is 344 g/mol. The third-order valence-electron chi connectivity index (χ3n) is 7.85. The Labute approximate surface area is 151 Å². The van der Waals surface area contributed by atoms with Crippen LogP contribution in [0.1, 0.15) is 58.8 Å². The van der Waals surface area contributed by atoms with Crippen LogP contribution in [0.25, 0.3) is 0 Å². The Kier molecular flexibility index (Phi) is 4.01. The number of fused-ring (bicyclic) bond motifs is 2. The first-order valence-electron chi connectivity index (χ1n) is 10.1. The zero-order valence-electron chi connectivity index (χ0n) is 15.9. The minimum Gasteiger partial charge on any atom is -0.342 e. The molecule has 25 heavy (non-hydrogen) atoms. The molecule has 0 aromatic rings. The SMILES string of the molecule is C=C1C2(C(=O)N3CCC(CN4CCCC4=O)CC3)CCC(C2)C1(C)C. The summed E-state index contributed by atoms with van der Waals surface area (Å²) in [5.74, 6) is 1.85. The highest BCUT2D eigenvalue weighted by Crippen LogP contribution is 2.66. The van der Waals surface area contributed by atoms with Crippen LogP contribution in [0.3, 0.4) is 0 Å². The molecule has 2 amide bonds. The molecule has 2 saturated heterocycles. The normalized spacial score (nSPS) is 35.0. The standard InChI is InChI=1S/C21H32N2O2/c1-15-20(2,3)17-6-9-21(15,13-17)19(25)22-11-7-16(8-12-22)14-23-10-4-5-18(23)24/h16-17H,1,4-14H2,2-3H3. The lowest BCUT2D eigenvalue weighted by Crippen LogP contribution is -2.48. The zero-order chi connectivity index (χ0) is 17.8. The van der Waals surface area contributed by atoms with Gasteiger partial charge in [-0.05, 0) is 55.8 Å². The van der Waals surface area contributed by atoms with Crippen molar-refractivity contribution in [1.82, 2.24) is 9.80 Å². The fourth-order valence-corrected chi connectivity index (χ4v) is 5.95. The van der Waals surface area contributed by atoms with Crippen molar-refractivity contribution in [1.29, 1.82) is 0 Å². The van der Waals surface area contributed by atoms with Crippen molar-refractivity contribution in [2.45, 2.75) is 58.8 Å². The predicted octanol–water partition coefficient (Wildman–Crippen LogP) is 3.23. The molecule has 2 atom stereocenters. The van der Waals surface area contributed by atoms with Gasteiger partial charge in [-0.1, -0.05) is 26.0 Å². The molecule has 4 nitrogen and oxygen atoms in total. The largest absolute Gasteiger partial charge is 0.342 e. The van der Waals surface area contributed by atoms with Crippen molar-refractivity contribution in [3.05, 3.63) is 12.2 Å². The predicted molar refractivity (Wildman–Crippen MR) is 97.8 cm³/mol. The Morgan fingerprint density at radius 1 is 1.20 bits per heavy atom. The van der Waals surface area contributed by atoms with Gasteiger partial charge in [0.2, 0.25) is 11.8 Å². The lowest BCUT2D eigenvalue weighted by Gasteiger charge is -2.42. The molecule has 0 aromatic heterocycles. The van der Waals surface area contributed by atoms with E-state index in [0.717, 1.165) is 64.7 Å². The summed E-state index contributed by atoms with van der Waals surface area (Å²) in [6.45, 7) is 12.5. The van der Waals surface area contributed by atoms with Gasteiger partial charge in [-0.3, -0.25) is 9.59 Å². The molecule has 138 valence electrons. The van der Waals surface area contributed by atoms with Crippen LogP contribution >= 0.6 is 0 Å². The molecule has 0 aromatic carbocycles. The number of rotatable bonds is 3. The summed E-state index contributed by atoms with van der Waals surface area (Å²) in [5, 5.41) is 0. The molecule has 2 aliphatic carbocycles. The maximum absolute atomic E-state index is 13.4. The molecule has 4 heteroatoms. The van der Waals surface area contributed by atoms with Crippen LogP contribution in [-0.2, 0) is 9.59 Å². The molecule has 0 N–H and O–H groups in total. The van der Waals surface area contributed by atoms with Gasteiger partial charge in [0.15, 0.2) is 0 Å². The maximum Gasteiger partial charge on any atom is 0.232 e. The van der Waals surface area contributed by atoms with E-state index < -0.39 is 0 Å². The van der Waals surface area contributed by atoms with E-state index in [9.17, 15) is 9.59 Å². The van der Waals surface area contributed by atoms with Crippen LogP contribution in [-0.4, -0.2) is 47.8 Å². The summed E-state index contributed by atoms with van der Waals surface area (Å²) in [5.41, 5.74) is 1.03. The molecule has 4 aliphatic rings. The third-order valence-corrected chi connectivity index (χ3v) is 7.85. The highest BCUT2D eigenvalue weighted by molar-refractivity contribution is 5.87. The van der Waals surface area contributed by atoms with Crippen molar-refractivity contribution in [3.8, 4) is 0 Å². The zero-order valence-corrected chi connectivity index (χ0v) is 15.9. The van der Waals surface area contributed by atoms with Crippen LogP contribution in [0, 0.1) is 22.7 Å². The monoisotopic (exact) mass is 344 g/mol. The van der Waals surface area contributed by atoms with Crippen molar-refractivity contribution in [3.63, 3.8) is 0 Å². The summed E-state index contributed by atoms with van der Waals surface area (Å²) >= 11 is 0. The van der Waals surface area contributed by atoms with E-state index in [0.29, 0.717) is 23.7 Å². The summed E-state index contributed by atoms with van der Waals surface area (Å²) < 4.78 is 0. The Morgan fingerprint density at radius 2 is 1.92 bits per heavy atom. The van der Waals surface area contributed by atoms with Gasteiger partial charge in [0.25, 0.3) is 0 Å². The van der Waals surface area contributed by atoms with Crippen LogP contribution in [0.15, 0.2) is 12.2 Å². The van der Waals surface area contributed by atoms with E-state index in [1.54, 1.807) is 0 Å². The van der Waals surface area contributed by atoms with E-state index in [-0.39, 0.29) is 10.8 Å². The first-order valence-corrected chi connectivity index (χ1v) is 10.1. The first-order chi connectivity index (χ1) is 11.8. The molecule has 2 unspecified atom stereocenters. The number of carbonyl (C=O) groups is 2. The van der Waals surface area contributed by atoms with E-state index in [2.05, 4.69) is 25.3 Å². The molecular formula is C21H32N2O2. The number of hydrogen-bond donors (Lipinski definition) is 0. The van der Waals surface area contributed by atoms with E-state index in [1.165, 1.54) is 12.0 Å². The highest BCUT2D eigenvalue weighted by atomic mass is 16.2. The molecule has 2 bridgehead atoms. The molecule has 4 fully saturated rings. The molecule has 2 saturated carbocycles. The molecule has 0 spiro atoms. The number of likely N-dealkylation sites (tertiary alicyclic amines) is 2. The Balaban J connectivity index is 1.37. The van der Waals surface area contributed by atoms with Gasteiger partial charge in [0.05, 0.1) is 5.41 Å². The van der Waals surface area contributed by atoms with Crippen LogP contribution < -0.4 is 0 Å². The van der Waals surface area contributed by atoms with Gasteiger partial charge in [-0.25, -0.2) is 0 Å². The van der Waals surface area contributed by atoms with E-state index >= 15 is 0 Å². The van der Waals surface area contributed by atoms with Gasteiger partial charge in [-0.2, -0.15) is 0 Å². The van der Waals surface area contributed by atoms with Gasteiger partial charge >= 0.3 is 0 Å². The molecule has 4 rings (SSSR count). The highest BCUT2D eigenvalue weighted by Gasteiger charge is 2.61.